The van der Waals surface area contributed by atoms with Gasteiger partial charge in [-0.05, 0) is 41.0 Å². The lowest BCUT2D eigenvalue weighted by Gasteiger charge is -2.34. The molecule has 0 fully saturated rings. The first-order valence-corrected chi connectivity index (χ1v) is 5.75. The van der Waals surface area contributed by atoms with Gasteiger partial charge in [0, 0.05) is 6.04 Å². The zero-order valence-electron chi connectivity index (χ0n) is 11.4. The van der Waals surface area contributed by atoms with E-state index in [-0.39, 0.29) is 6.04 Å². The lowest BCUT2D eigenvalue weighted by Crippen LogP contribution is -2.57. The molecular formula is C12H23NO4. The highest BCUT2D eigenvalue weighted by Crippen LogP contribution is 2.18. The molecule has 0 aliphatic carbocycles. The van der Waals surface area contributed by atoms with E-state index in [1.54, 1.807) is 6.92 Å². The molecule has 0 radical (unpaired) electrons. The minimum Gasteiger partial charge on any atom is -0.381 e. The average molecular weight is 245 g/mol. The molecule has 0 heterocycles. The van der Waals surface area contributed by atoms with Gasteiger partial charge in [0.2, 0.25) is 0 Å². The van der Waals surface area contributed by atoms with Gasteiger partial charge in [-0.25, -0.2) is 0 Å². The summed E-state index contributed by atoms with van der Waals surface area (Å²) in [5.74, 6) is -1.39. The zero-order chi connectivity index (χ0) is 14.0. The van der Waals surface area contributed by atoms with Crippen LogP contribution in [0.2, 0.25) is 0 Å². The van der Waals surface area contributed by atoms with Crippen LogP contribution in [-0.4, -0.2) is 44.2 Å². The van der Waals surface area contributed by atoms with Crippen molar-refractivity contribution in [3.05, 3.63) is 0 Å². The molecule has 0 spiro atoms. The van der Waals surface area contributed by atoms with E-state index in [0.717, 1.165) is 4.90 Å². The molecule has 2 amide bonds. The van der Waals surface area contributed by atoms with Gasteiger partial charge in [-0.15, -0.1) is 0 Å². The predicted octanol–water partition coefficient (Wildman–Crippen LogP) is 0.682. The Kier molecular flexibility index (Phi) is 4.86. The first-order valence-electron chi connectivity index (χ1n) is 5.75. The first-order chi connectivity index (χ1) is 7.42. The van der Waals surface area contributed by atoms with Crippen molar-refractivity contribution < 1.29 is 19.8 Å². The van der Waals surface area contributed by atoms with Crippen molar-refractivity contribution in [2.45, 2.75) is 65.2 Å². The molecule has 0 saturated carbocycles. The van der Waals surface area contributed by atoms with E-state index in [2.05, 4.69) is 0 Å². The number of hydrogen-bond donors (Lipinski definition) is 2. The topological polar surface area (TPSA) is 77.8 Å². The molecule has 1 unspecified atom stereocenters. The summed E-state index contributed by atoms with van der Waals surface area (Å²) < 4.78 is 0. The normalized spacial score (nSPS) is 14.4. The van der Waals surface area contributed by atoms with Gasteiger partial charge in [-0.1, -0.05) is 6.92 Å². The quantitative estimate of drug-likeness (QED) is 0.763. The van der Waals surface area contributed by atoms with Crippen molar-refractivity contribution in [1.82, 2.24) is 4.90 Å². The van der Waals surface area contributed by atoms with Crippen molar-refractivity contribution in [1.29, 1.82) is 0 Å². The third kappa shape index (κ3) is 4.09. The van der Waals surface area contributed by atoms with Crippen LogP contribution in [-0.2, 0) is 9.59 Å². The number of aliphatic hydroxyl groups is 2. The highest BCUT2D eigenvalue weighted by molar-refractivity contribution is 6.02. The number of rotatable bonds is 4. The van der Waals surface area contributed by atoms with E-state index in [0.29, 0.717) is 6.42 Å². The SMILES string of the molecule is CCC(C)N(C(=O)C(C)(C)O)C(=O)C(C)(C)O. The fourth-order valence-corrected chi connectivity index (χ4v) is 1.26. The van der Waals surface area contributed by atoms with Crippen molar-refractivity contribution in [3.63, 3.8) is 0 Å². The summed E-state index contributed by atoms with van der Waals surface area (Å²) in [6.07, 6.45) is 0.559. The number of imide groups is 1. The Bertz CT molecular complexity index is 273. The van der Waals surface area contributed by atoms with Crippen LogP contribution in [0, 0.1) is 0 Å². The summed E-state index contributed by atoms with van der Waals surface area (Å²) in [4.78, 5) is 24.9. The maximum absolute atomic E-state index is 12.0. The van der Waals surface area contributed by atoms with Crippen LogP contribution >= 0.6 is 0 Å². The zero-order valence-corrected chi connectivity index (χ0v) is 11.4. The highest BCUT2D eigenvalue weighted by Gasteiger charge is 2.40. The van der Waals surface area contributed by atoms with Crippen LogP contribution in [0.3, 0.4) is 0 Å². The van der Waals surface area contributed by atoms with Crippen molar-refractivity contribution in [2.24, 2.45) is 0 Å². The molecule has 0 aromatic heterocycles. The van der Waals surface area contributed by atoms with Crippen LogP contribution in [0.15, 0.2) is 0 Å². The summed E-state index contributed by atoms with van der Waals surface area (Å²) >= 11 is 0. The minimum atomic E-state index is -1.63. The Morgan fingerprint density at radius 1 is 1.06 bits per heavy atom. The molecule has 0 aromatic carbocycles. The van der Waals surface area contributed by atoms with E-state index < -0.39 is 23.0 Å². The van der Waals surface area contributed by atoms with Gasteiger partial charge in [-0.3, -0.25) is 14.5 Å². The molecule has 0 aromatic rings. The Morgan fingerprint density at radius 2 is 1.35 bits per heavy atom. The lowest BCUT2D eigenvalue weighted by atomic mass is 10.0. The fourth-order valence-electron chi connectivity index (χ4n) is 1.26. The van der Waals surface area contributed by atoms with Gasteiger partial charge < -0.3 is 10.2 Å². The Balaban J connectivity index is 5.32. The number of carbonyl (C=O) groups is 2. The van der Waals surface area contributed by atoms with Crippen molar-refractivity contribution in [2.75, 3.05) is 0 Å². The summed E-state index contributed by atoms with van der Waals surface area (Å²) in [7, 11) is 0. The fraction of sp³-hybridized carbons (Fsp3) is 0.833. The molecule has 0 aliphatic rings. The maximum Gasteiger partial charge on any atom is 0.260 e. The smallest absolute Gasteiger partial charge is 0.260 e. The van der Waals surface area contributed by atoms with Crippen LogP contribution in [0.25, 0.3) is 0 Å². The monoisotopic (exact) mass is 245 g/mol. The van der Waals surface area contributed by atoms with E-state index in [9.17, 15) is 19.8 Å². The molecule has 0 saturated heterocycles. The standard InChI is InChI=1S/C12H23NO4/c1-7-8(2)13(9(14)11(3,4)16)10(15)12(5,6)17/h8,16-17H,7H2,1-6H3. The van der Waals surface area contributed by atoms with E-state index in [4.69, 9.17) is 0 Å². The second-order valence-electron chi connectivity index (χ2n) is 5.36. The number of amides is 2. The van der Waals surface area contributed by atoms with E-state index in [1.165, 1.54) is 27.7 Å². The number of carbonyl (C=O) groups excluding carboxylic acids is 2. The van der Waals surface area contributed by atoms with Crippen LogP contribution in [0.4, 0.5) is 0 Å². The Morgan fingerprint density at radius 3 is 1.53 bits per heavy atom. The highest BCUT2D eigenvalue weighted by atomic mass is 16.3. The molecule has 0 bridgehead atoms. The molecule has 1 atom stereocenters. The van der Waals surface area contributed by atoms with Crippen LogP contribution in [0.5, 0.6) is 0 Å². The number of hydrogen-bond acceptors (Lipinski definition) is 4. The largest absolute Gasteiger partial charge is 0.381 e. The molecular weight excluding hydrogens is 222 g/mol. The lowest BCUT2D eigenvalue weighted by molar-refractivity contribution is -0.167. The van der Waals surface area contributed by atoms with Crippen molar-refractivity contribution >= 4 is 11.8 Å². The van der Waals surface area contributed by atoms with Gasteiger partial charge in [0.25, 0.3) is 11.8 Å². The Hall–Kier alpha value is -0.940. The average Bonchev–Trinajstić information content (AvgIpc) is 2.14. The first kappa shape index (κ1) is 16.1. The minimum absolute atomic E-state index is 0.368. The Labute approximate surface area is 102 Å². The predicted molar refractivity (Wildman–Crippen MR) is 64.2 cm³/mol. The van der Waals surface area contributed by atoms with E-state index in [1.807, 2.05) is 6.92 Å². The molecule has 5 heteroatoms. The molecule has 100 valence electrons. The molecule has 5 nitrogen and oxygen atoms in total. The molecule has 0 rings (SSSR count). The van der Waals surface area contributed by atoms with Crippen LogP contribution < -0.4 is 0 Å². The third-order valence-corrected chi connectivity index (χ3v) is 2.52. The van der Waals surface area contributed by atoms with Gasteiger partial charge in [-0.2, -0.15) is 0 Å². The third-order valence-electron chi connectivity index (χ3n) is 2.52. The molecule has 0 aliphatic heterocycles. The molecule has 17 heavy (non-hydrogen) atoms. The summed E-state index contributed by atoms with van der Waals surface area (Å²) in [5.41, 5.74) is -3.27. The van der Waals surface area contributed by atoms with Crippen LogP contribution in [0.1, 0.15) is 48.0 Å². The number of nitrogens with zero attached hydrogens (tertiary/aromatic N) is 1. The summed E-state index contributed by atoms with van der Waals surface area (Å²) in [6.45, 7) is 8.82. The molecule has 2 N–H and O–H groups in total. The van der Waals surface area contributed by atoms with Gasteiger partial charge in [0.1, 0.15) is 11.2 Å². The second kappa shape index (κ2) is 5.14. The summed E-state index contributed by atoms with van der Waals surface area (Å²) in [6, 6.07) is -0.368. The second-order valence-corrected chi connectivity index (χ2v) is 5.36. The van der Waals surface area contributed by atoms with Gasteiger partial charge in [0.05, 0.1) is 0 Å². The van der Waals surface area contributed by atoms with Crippen molar-refractivity contribution in [3.8, 4) is 0 Å². The van der Waals surface area contributed by atoms with Gasteiger partial charge >= 0.3 is 0 Å². The summed E-state index contributed by atoms with van der Waals surface area (Å²) in [5, 5.41) is 19.4. The van der Waals surface area contributed by atoms with E-state index >= 15 is 0 Å². The maximum atomic E-state index is 12.0. The van der Waals surface area contributed by atoms with Gasteiger partial charge in [0.15, 0.2) is 0 Å².